The summed E-state index contributed by atoms with van der Waals surface area (Å²) in [7, 11) is -1.90. The van der Waals surface area contributed by atoms with Gasteiger partial charge in [-0.1, -0.05) is 0 Å². The average molecular weight is 327 g/mol. The Hall–Kier alpha value is -0.760. The molecule has 0 bridgehead atoms. The van der Waals surface area contributed by atoms with Gasteiger partial charge in [0.25, 0.3) is 0 Å². The van der Waals surface area contributed by atoms with Crippen molar-refractivity contribution < 1.29 is 17.2 Å². The molecule has 1 N–H and O–H groups in total. The van der Waals surface area contributed by atoms with Crippen LogP contribution in [0.5, 0.6) is 0 Å². The van der Waals surface area contributed by atoms with Gasteiger partial charge in [0, 0.05) is 19.1 Å². The van der Waals surface area contributed by atoms with Gasteiger partial charge in [-0.05, 0) is 38.1 Å². The largest absolute Gasteiger partial charge is 0.317 e. The number of hydrogen-bond donors (Lipinski definition) is 1. The third kappa shape index (κ3) is 3.46. The smallest absolute Gasteiger partial charge is 0.243 e. The molecule has 1 heterocycles. The average Bonchev–Trinajstić information content (AvgIpc) is 2.41. The standard InChI is InChI=1S/C12H16F2N2O2S.ClH/c1-15-9-4-6-16(7-5-9)19(17,18)10-2-3-11(13)12(14)8-10;/h2-3,8-9,15H,4-7H2,1H3;1H. The van der Waals surface area contributed by atoms with Crippen molar-refractivity contribution >= 4 is 22.4 Å². The Morgan fingerprint density at radius 1 is 1.20 bits per heavy atom. The fourth-order valence-electron chi connectivity index (χ4n) is 2.17. The highest BCUT2D eigenvalue weighted by molar-refractivity contribution is 7.89. The second-order valence-electron chi connectivity index (χ2n) is 4.54. The Kier molecular flexibility index (Phi) is 5.88. The molecule has 1 saturated heterocycles. The van der Waals surface area contributed by atoms with Gasteiger partial charge in [0.2, 0.25) is 10.0 Å². The van der Waals surface area contributed by atoms with E-state index < -0.39 is 21.7 Å². The second-order valence-corrected chi connectivity index (χ2v) is 6.48. The fraction of sp³-hybridized carbons (Fsp3) is 0.500. The Bertz CT molecular complexity index is 561. The molecule has 4 nitrogen and oxygen atoms in total. The van der Waals surface area contributed by atoms with E-state index in [1.54, 1.807) is 0 Å². The molecule has 2 rings (SSSR count). The van der Waals surface area contributed by atoms with Crippen molar-refractivity contribution in [3.63, 3.8) is 0 Å². The topological polar surface area (TPSA) is 49.4 Å². The number of nitrogens with zero attached hydrogens (tertiary/aromatic N) is 1. The number of nitrogens with one attached hydrogen (secondary N) is 1. The monoisotopic (exact) mass is 326 g/mol. The van der Waals surface area contributed by atoms with Crippen LogP contribution in [-0.4, -0.2) is 38.9 Å². The van der Waals surface area contributed by atoms with Crippen LogP contribution in [0.2, 0.25) is 0 Å². The van der Waals surface area contributed by atoms with E-state index in [0.717, 1.165) is 18.2 Å². The fourth-order valence-corrected chi connectivity index (χ4v) is 3.65. The van der Waals surface area contributed by atoms with E-state index >= 15 is 0 Å². The third-order valence-corrected chi connectivity index (χ3v) is 5.29. The predicted molar refractivity (Wildman–Crippen MR) is 74.4 cm³/mol. The number of benzene rings is 1. The van der Waals surface area contributed by atoms with Crippen LogP contribution in [0, 0.1) is 11.6 Å². The van der Waals surface area contributed by atoms with E-state index in [0.29, 0.717) is 32.0 Å². The van der Waals surface area contributed by atoms with Gasteiger partial charge in [0.15, 0.2) is 11.6 Å². The Balaban J connectivity index is 0.00000200. The van der Waals surface area contributed by atoms with E-state index in [1.165, 1.54) is 4.31 Å². The van der Waals surface area contributed by atoms with Gasteiger partial charge in [-0.3, -0.25) is 0 Å². The maximum Gasteiger partial charge on any atom is 0.243 e. The quantitative estimate of drug-likeness (QED) is 0.921. The summed E-state index contributed by atoms with van der Waals surface area (Å²) in [5, 5.41) is 3.10. The molecule has 0 amide bonds. The van der Waals surface area contributed by atoms with Gasteiger partial charge in [0.1, 0.15) is 0 Å². The maximum absolute atomic E-state index is 13.1. The molecule has 1 aromatic carbocycles. The minimum atomic E-state index is -3.73. The molecular weight excluding hydrogens is 310 g/mol. The maximum atomic E-state index is 13.1. The molecule has 1 fully saturated rings. The molecule has 1 aromatic rings. The first-order chi connectivity index (χ1) is 8.95. The van der Waals surface area contributed by atoms with E-state index in [9.17, 15) is 17.2 Å². The second kappa shape index (κ2) is 6.80. The first-order valence-electron chi connectivity index (χ1n) is 6.07. The van der Waals surface area contributed by atoms with Crippen molar-refractivity contribution in [2.45, 2.75) is 23.8 Å². The lowest BCUT2D eigenvalue weighted by Crippen LogP contribution is -2.43. The summed E-state index contributed by atoms with van der Waals surface area (Å²) in [5.74, 6) is -2.20. The van der Waals surface area contributed by atoms with Crippen molar-refractivity contribution in [3.05, 3.63) is 29.8 Å². The summed E-state index contributed by atoms with van der Waals surface area (Å²) in [6.45, 7) is 0.764. The van der Waals surface area contributed by atoms with Crippen molar-refractivity contribution in [3.8, 4) is 0 Å². The van der Waals surface area contributed by atoms with Crippen molar-refractivity contribution in [1.29, 1.82) is 0 Å². The molecule has 0 aromatic heterocycles. The lowest BCUT2D eigenvalue weighted by Gasteiger charge is -2.30. The van der Waals surface area contributed by atoms with Crippen LogP contribution in [0.15, 0.2) is 23.1 Å². The molecule has 0 spiro atoms. The molecule has 114 valence electrons. The highest BCUT2D eigenvalue weighted by Crippen LogP contribution is 2.22. The zero-order valence-electron chi connectivity index (χ0n) is 11.0. The van der Waals surface area contributed by atoms with Gasteiger partial charge in [0.05, 0.1) is 4.90 Å². The number of halogens is 3. The van der Waals surface area contributed by atoms with Gasteiger partial charge in [-0.25, -0.2) is 17.2 Å². The number of hydrogen-bond acceptors (Lipinski definition) is 3. The van der Waals surface area contributed by atoms with E-state index in [-0.39, 0.29) is 17.3 Å². The van der Waals surface area contributed by atoms with Crippen molar-refractivity contribution in [2.24, 2.45) is 0 Å². The molecule has 20 heavy (non-hydrogen) atoms. The highest BCUT2D eigenvalue weighted by Gasteiger charge is 2.29. The van der Waals surface area contributed by atoms with E-state index in [4.69, 9.17) is 0 Å². The summed E-state index contributed by atoms with van der Waals surface area (Å²) in [4.78, 5) is -0.200. The zero-order chi connectivity index (χ0) is 14.0. The normalized spacial score (nSPS) is 17.8. The van der Waals surface area contributed by atoms with Gasteiger partial charge in [-0.15, -0.1) is 12.4 Å². The summed E-state index contributed by atoms with van der Waals surface area (Å²) in [5.41, 5.74) is 0. The number of sulfonamides is 1. The van der Waals surface area contributed by atoms with Gasteiger partial charge in [-0.2, -0.15) is 4.31 Å². The Morgan fingerprint density at radius 3 is 2.30 bits per heavy atom. The number of rotatable bonds is 3. The molecule has 0 aliphatic carbocycles. The van der Waals surface area contributed by atoms with Gasteiger partial charge >= 0.3 is 0 Å². The first-order valence-corrected chi connectivity index (χ1v) is 7.51. The molecule has 0 atom stereocenters. The summed E-state index contributed by atoms with van der Waals surface area (Å²) >= 11 is 0. The molecule has 1 aliphatic rings. The molecule has 0 saturated carbocycles. The van der Waals surface area contributed by atoms with E-state index in [2.05, 4.69) is 5.32 Å². The van der Waals surface area contributed by atoms with Crippen LogP contribution in [0.4, 0.5) is 8.78 Å². The zero-order valence-corrected chi connectivity index (χ0v) is 12.6. The molecular formula is C12H17ClF2N2O2S. The van der Waals surface area contributed by atoms with Crippen LogP contribution >= 0.6 is 12.4 Å². The predicted octanol–water partition coefficient (Wildman–Crippen LogP) is 1.76. The SMILES string of the molecule is CNC1CCN(S(=O)(=O)c2ccc(F)c(F)c2)CC1.Cl. The lowest BCUT2D eigenvalue weighted by atomic mass is 10.1. The van der Waals surface area contributed by atoms with Crippen LogP contribution < -0.4 is 5.32 Å². The van der Waals surface area contributed by atoms with Crippen LogP contribution in [0.3, 0.4) is 0 Å². The van der Waals surface area contributed by atoms with Gasteiger partial charge < -0.3 is 5.32 Å². The van der Waals surface area contributed by atoms with Crippen molar-refractivity contribution in [2.75, 3.05) is 20.1 Å². The number of piperidine rings is 1. The van der Waals surface area contributed by atoms with Crippen LogP contribution in [0.1, 0.15) is 12.8 Å². The first kappa shape index (κ1) is 17.3. The summed E-state index contributed by atoms with van der Waals surface area (Å²) < 4.78 is 51.8. The molecule has 0 radical (unpaired) electrons. The van der Waals surface area contributed by atoms with Crippen molar-refractivity contribution in [1.82, 2.24) is 9.62 Å². The Labute approximate surface area is 123 Å². The molecule has 0 unspecified atom stereocenters. The molecule has 1 aliphatic heterocycles. The summed E-state index contributed by atoms with van der Waals surface area (Å²) in [6.07, 6.45) is 1.42. The minimum absolute atomic E-state index is 0. The van der Waals surface area contributed by atoms with E-state index in [1.807, 2.05) is 7.05 Å². The highest BCUT2D eigenvalue weighted by atomic mass is 35.5. The lowest BCUT2D eigenvalue weighted by molar-refractivity contribution is 0.298. The Morgan fingerprint density at radius 2 is 1.80 bits per heavy atom. The minimum Gasteiger partial charge on any atom is -0.317 e. The summed E-state index contributed by atoms with van der Waals surface area (Å²) in [6, 6.07) is 2.96. The van der Waals surface area contributed by atoms with Crippen LogP contribution in [0.25, 0.3) is 0 Å². The molecule has 8 heteroatoms. The van der Waals surface area contributed by atoms with Crippen LogP contribution in [-0.2, 0) is 10.0 Å². The third-order valence-electron chi connectivity index (χ3n) is 3.39.